The van der Waals surface area contributed by atoms with Gasteiger partial charge in [0.15, 0.2) is 0 Å². The summed E-state index contributed by atoms with van der Waals surface area (Å²) in [5.41, 5.74) is 15.1. The van der Waals surface area contributed by atoms with Crippen LogP contribution >= 0.6 is 0 Å². The number of aromatic nitrogens is 2. The van der Waals surface area contributed by atoms with Crippen molar-refractivity contribution in [3.63, 3.8) is 0 Å². The van der Waals surface area contributed by atoms with E-state index in [0.717, 1.165) is 56.7 Å². The second-order valence-corrected chi connectivity index (χ2v) is 13.6. The molecule has 8 nitrogen and oxygen atoms in total. The van der Waals surface area contributed by atoms with Crippen LogP contribution in [-0.4, -0.2) is 34.1 Å². The van der Waals surface area contributed by atoms with Crippen molar-refractivity contribution in [1.29, 1.82) is 0 Å². The van der Waals surface area contributed by atoms with E-state index in [1.54, 1.807) is 0 Å². The molecule has 4 atom stereocenters. The Morgan fingerprint density at radius 3 is 2.20 bits per heavy atom. The zero-order valence-electron chi connectivity index (χ0n) is 28.2. The molecular formula is C38H46N4O4. The van der Waals surface area contributed by atoms with E-state index in [0.29, 0.717) is 18.8 Å². The third kappa shape index (κ3) is 5.17. The van der Waals surface area contributed by atoms with Crippen LogP contribution < -0.4 is 10.6 Å². The number of aromatic amines is 2. The Morgan fingerprint density at radius 2 is 1.50 bits per heavy atom. The van der Waals surface area contributed by atoms with Gasteiger partial charge in [-0.3, -0.25) is 9.59 Å². The maximum Gasteiger partial charge on any atom is 0.305 e. The van der Waals surface area contributed by atoms with Crippen molar-refractivity contribution in [3.8, 4) is 0 Å². The lowest BCUT2D eigenvalue weighted by molar-refractivity contribution is -0.140. The van der Waals surface area contributed by atoms with Gasteiger partial charge in [-0.15, -0.1) is 0 Å². The van der Waals surface area contributed by atoms with Crippen LogP contribution in [0.1, 0.15) is 92.0 Å². The number of carbonyl (C=O) groups is 2. The van der Waals surface area contributed by atoms with Crippen LogP contribution in [0.5, 0.6) is 0 Å². The van der Waals surface area contributed by atoms with E-state index in [9.17, 15) is 14.7 Å². The number of carboxylic acids is 1. The summed E-state index contributed by atoms with van der Waals surface area (Å²) in [7, 11) is 1.42. The molecule has 0 spiro atoms. The van der Waals surface area contributed by atoms with Crippen LogP contribution in [0.3, 0.4) is 0 Å². The van der Waals surface area contributed by atoms with Gasteiger partial charge in [0, 0.05) is 75.7 Å². The first-order valence-corrected chi connectivity index (χ1v) is 16.3. The maximum absolute atomic E-state index is 12.3. The molecule has 6 rings (SSSR count). The SMILES string of the molecule is COC(=O)CCc1c2[nH]c(c1C)C=C1NC(=Cc3[nH]c(c(C)c3C)C=C3NC(=C2)C(CCC(=O)O)C3C)C2(C)C1=CC=C(C)C2C. The Morgan fingerprint density at radius 1 is 0.848 bits per heavy atom. The summed E-state index contributed by atoms with van der Waals surface area (Å²) < 4.78 is 4.99. The molecule has 0 amide bonds. The van der Waals surface area contributed by atoms with Crippen LogP contribution in [-0.2, 0) is 20.7 Å². The minimum atomic E-state index is -0.801. The number of aliphatic carboxylic acids is 1. The van der Waals surface area contributed by atoms with E-state index < -0.39 is 5.97 Å². The average Bonchev–Trinajstić information content (AvgIpc) is 3.66. The Hall–Kier alpha value is -4.46. The zero-order valence-corrected chi connectivity index (χ0v) is 28.2. The van der Waals surface area contributed by atoms with Crippen molar-refractivity contribution >= 4 is 36.2 Å². The third-order valence-corrected chi connectivity index (χ3v) is 11.3. The molecule has 2 aromatic rings. The highest BCUT2D eigenvalue weighted by Crippen LogP contribution is 2.54. The van der Waals surface area contributed by atoms with Crippen LogP contribution in [0.15, 0.2) is 46.1 Å². The Bertz CT molecular complexity index is 1820. The number of carbonyl (C=O) groups excluding carboxylic acids is 1. The lowest BCUT2D eigenvalue weighted by Gasteiger charge is -2.36. The Balaban J connectivity index is 1.60. The summed E-state index contributed by atoms with van der Waals surface area (Å²) in [6.45, 7) is 15.4. The lowest BCUT2D eigenvalue weighted by Crippen LogP contribution is -2.30. The minimum absolute atomic E-state index is 0.00264. The number of fused-ring (bicyclic) bond motifs is 11. The number of carboxylic acid groups (broad SMARTS) is 1. The standard InChI is InChI=1S/C38H46N4O4/c1-19-9-12-27-34-16-30-23(5)26(11-14-37(45)46-8)33(41-30)17-32-25(10-13-36(43)44)22(4)29(40-32)15-28-20(2)21(3)31(39-28)18-35(42-34)38(27,7)24(19)6/h9,12,15-18,22,24-25,39-42H,10-11,13-14H2,1-8H3,(H,43,44). The van der Waals surface area contributed by atoms with Crippen molar-refractivity contribution in [2.45, 2.75) is 74.1 Å². The number of allylic oxidation sites excluding steroid dienone is 7. The minimum Gasteiger partial charge on any atom is -0.481 e. The van der Waals surface area contributed by atoms with E-state index in [1.807, 2.05) is 0 Å². The average molecular weight is 623 g/mol. The van der Waals surface area contributed by atoms with E-state index in [1.165, 1.54) is 29.4 Å². The van der Waals surface area contributed by atoms with Gasteiger partial charge in [-0.2, -0.15) is 0 Å². The van der Waals surface area contributed by atoms with E-state index in [2.05, 4.69) is 106 Å². The molecule has 4 unspecified atom stereocenters. The van der Waals surface area contributed by atoms with Crippen molar-refractivity contribution in [2.24, 2.45) is 23.2 Å². The molecule has 242 valence electrons. The molecule has 5 N–H and O–H groups in total. The van der Waals surface area contributed by atoms with Crippen LogP contribution in [0.2, 0.25) is 0 Å². The molecule has 2 aromatic heterocycles. The highest BCUT2D eigenvalue weighted by Gasteiger charge is 2.47. The van der Waals surface area contributed by atoms with Gasteiger partial charge in [0.25, 0.3) is 0 Å². The summed E-state index contributed by atoms with van der Waals surface area (Å²) in [4.78, 5) is 31.3. The fourth-order valence-corrected chi connectivity index (χ4v) is 7.69. The number of hydrogen-bond donors (Lipinski definition) is 5. The molecule has 2 fully saturated rings. The molecule has 8 bridgehead atoms. The van der Waals surface area contributed by atoms with Gasteiger partial charge >= 0.3 is 11.9 Å². The van der Waals surface area contributed by atoms with E-state index in [-0.39, 0.29) is 36.1 Å². The third-order valence-electron chi connectivity index (χ3n) is 11.3. The molecule has 46 heavy (non-hydrogen) atoms. The highest BCUT2D eigenvalue weighted by atomic mass is 16.5. The van der Waals surface area contributed by atoms with E-state index in [4.69, 9.17) is 4.74 Å². The summed E-state index contributed by atoms with van der Waals surface area (Å²) >= 11 is 0. The fraction of sp³-hybridized carbons (Fsp3) is 0.421. The number of nitrogens with one attached hydrogen (secondary N) is 4. The van der Waals surface area contributed by atoms with Gasteiger partial charge < -0.3 is 30.4 Å². The number of hydrogen-bond acceptors (Lipinski definition) is 5. The highest BCUT2D eigenvalue weighted by molar-refractivity contribution is 5.75. The van der Waals surface area contributed by atoms with Crippen molar-refractivity contribution in [3.05, 3.63) is 91.1 Å². The second kappa shape index (κ2) is 11.7. The van der Waals surface area contributed by atoms with Crippen LogP contribution in [0.25, 0.3) is 24.3 Å². The topological polar surface area (TPSA) is 119 Å². The molecule has 8 heteroatoms. The number of esters is 1. The lowest BCUT2D eigenvalue weighted by atomic mass is 9.66. The van der Waals surface area contributed by atoms with Gasteiger partial charge in [-0.05, 0) is 106 Å². The van der Waals surface area contributed by atoms with Gasteiger partial charge in [0.05, 0.1) is 7.11 Å². The van der Waals surface area contributed by atoms with Crippen molar-refractivity contribution in [2.75, 3.05) is 7.11 Å². The van der Waals surface area contributed by atoms with Crippen LogP contribution in [0, 0.1) is 43.9 Å². The molecule has 0 radical (unpaired) electrons. The summed E-state index contributed by atoms with van der Waals surface area (Å²) in [6, 6.07) is 0. The molecule has 1 aliphatic carbocycles. The molecule has 5 heterocycles. The normalized spacial score (nSPS) is 24.8. The zero-order chi connectivity index (χ0) is 33.1. The smallest absolute Gasteiger partial charge is 0.305 e. The largest absolute Gasteiger partial charge is 0.481 e. The monoisotopic (exact) mass is 622 g/mol. The Kier molecular flexibility index (Phi) is 8.03. The number of ether oxygens (including phenoxy) is 1. The van der Waals surface area contributed by atoms with Gasteiger partial charge in [-0.25, -0.2) is 0 Å². The summed E-state index contributed by atoms with van der Waals surface area (Å²) in [6.07, 6.45) is 14.7. The molecule has 0 aromatic carbocycles. The second-order valence-electron chi connectivity index (χ2n) is 13.6. The van der Waals surface area contributed by atoms with Gasteiger partial charge in [0.2, 0.25) is 0 Å². The number of rotatable bonds is 6. The quantitative estimate of drug-likeness (QED) is 0.216. The molecule has 3 aliphatic heterocycles. The first kappa shape index (κ1) is 31.5. The van der Waals surface area contributed by atoms with Crippen molar-refractivity contribution < 1.29 is 19.4 Å². The van der Waals surface area contributed by atoms with Gasteiger partial charge in [0.1, 0.15) is 0 Å². The number of H-pyrrole nitrogens is 2. The maximum atomic E-state index is 12.3. The summed E-state index contributed by atoms with van der Waals surface area (Å²) in [5, 5.41) is 17.1. The Labute approximate surface area is 271 Å². The van der Waals surface area contributed by atoms with Crippen LogP contribution in [0.4, 0.5) is 0 Å². The molecule has 0 saturated carbocycles. The summed E-state index contributed by atoms with van der Waals surface area (Å²) in [5.74, 6) is -0.676. The first-order valence-electron chi connectivity index (χ1n) is 16.3. The predicted molar refractivity (Wildman–Crippen MR) is 183 cm³/mol. The van der Waals surface area contributed by atoms with E-state index >= 15 is 0 Å². The van der Waals surface area contributed by atoms with Crippen molar-refractivity contribution in [1.82, 2.24) is 20.6 Å². The molecule has 2 saturated heterocycles. The molecular weight excluding hydrogens is 576 g/mol. The first-order chi connectivity index (χ1) is 21.8. The molecule has 4 aliphatic rings. The fourth-order valence-electron chi connectivity index (χ4n) is 7.69. The van der Waals surface area contributed by atoms with Gasteiger partial charge in [-0.1, -0.05) is 31.6 Å². The number of methoxy groups -OCH3 is 1. The predicted octanol–water partition coefficient (Wildman–Crippen LogP) is 7.30.